The Morgan fingerprint density at radius 3 is 2.69 bits per heavy atom. The number of hydrogen-bond donors (Lipinski definition) is 4. The number of nitrogens with two attached hydrogens (primary N) is 2. The molecule has 1 saturated carbocycles. The molecule has 3 aromatic rings. The van der Waals surface area contributed by atoms with Gasteiger partial charge in [0.05, 0.1) is 22.8 Å². The predicted molar refractivity (Wildman–Crippen MR) is 123 cm³/mol. The van der Waals surface area contributed by atoms with Crippen LogP contribution in [-0.2, 0) is 7.05 Å². The van der Waals surface area contributed by atoms with Crippen LogP contribution in [0.1, 0.15) is 36.0 Å². The Hall–Kier alpha value is -3.47. The minimum atomic E-state index is -0.788. The van der Waals surface area contributed by atoms with Gasteiger partial charge in [-0.1, -0.05) is 12.8 Å². The molecule has 11 heteroatoms. The summed E-state index contributed by atoms with van der Waals surface area (Å²) in [7, 11) is 5.60. The summed E-state index contributed by atoms with van der Waals surface area (Å²) in [6.07, 6.45) is 5.37. The van der Waals surface area contributed by atoms with Gasteiger partial charge in [0.1, 0.15) is 5.82 Å². The number of hydrogen-bond acceptors (Lipinski definition) is 8. The molecule has 0 aromatic carbocycles. The predicted octanol–water partition coefficient (Wildman–Crippen LogP) is 2.09. The summed E-state index contributed by atoms with van der Waals surface area (Å²) in [4.78, 5) is 22.7. The van der Waals surface area contributed by atoms with E-state index in [1.807, 2.05) is 32.1 Å². The first-order valence-electron chi connectivity index (χ1n) is 10.5. The van der Waals surface area contributed by atoms with E-state index in [0.29, 0.717) is 11.3 Å². The van der Waals surface area contributed by atoms with Crippen LogP contribution in [0.3, 0.4) is 0 Å². The van der Waals surface area contributed by atoms with Gasteiger partial charge in [0.15, 0.2) is 23.1 Å². The number of nitrogens with one attached hydrogen (secondary N) is 2. The SMILES string of the molecule is CN(C)c1nn(C)c2ncc(Nc3nc(N[C@@H]4CCCC[C@@H]4N)c(F)cc3C(N)=O)cc12. The lowest BCUT2D eigenvalue weighted by Crippen LogP contribution is -2.43. The summed E-state index contributed by atoms with van der Waals surface area (Å²) in [5, 5.41) is 11.5. The average Bonchev–Trinajstić information content (AvgIpc) is 3.08. The molecule has 0 radical (unpaired) electrons. The van der Waals surface area contributed by atoms with Crippen LogP contribution in [0.15, 0.2) is 18.3 Å². The highest BCUT2D eigenvalue weighted by Crippen LogP contribution is 2.29. The van der Waals surface area contributed by atoms with Crippen LogP contribution in [0.2, 0.25) is 0 Å². The summed E-state index contributed by atoms with van der Waals surface area (Å²) >= 11 is 0. The monoisotopic (exact) mass is 441 g/mol. The molecule has 170 valence electrons. The number of nitrogens with zero attached hydrogens (tertiary/aromatic N) is 5. The van der Waals surface area contributed by atoms with E-state index in [4.69, 9.17) is 11.5 Å². The lowest BCUT2D eigenvalue weighted by molar-refractivity contribution is 0.100. The number of pyridine rings is 2. The molecule has 3 aromatic heterocycles. The molecule has 32 heavy (non-hydrogen) atoms. The van der Waals surface area contributed by atoms with Crippen molar-refractivity contribution in [2.75, 3.05) is 29.6 Å². The normalized spacial score (nSPS) is 18.5. The van der Waals surface area contributed by atoms with Crippen molar-refractivity contribution in [2.24, 2.45) is 18.5 Å². The number of primary amides is 1. The number of carbonyl (C=O) groups excluding carboxylic acids is 1. The summed E-state index contributed by atoms with van der Waals surface area (Å²) in [5.41, 5.74) is 12.9. The third kappa shape index (κ3) is 4.15. The third-order valence-electron chi connectivity index (χ3n) is 5.73. The molecule has 3 heterocycles. The molecule has 1 aliphatic carbocycles. The summed E-state index contributed by atoms with van der Waals surface area (Å²) in [6.45, 7) is 0. The van der Waals surface area contributed by atoms with Crippen molar-refractivity contribution >= 4 is 40.1 Å². The Labute approximate surface area is 185 Å². The van der Waals surface area contributed by atoms with Gasteiger partial charge < -0.3 is 27.0 Å². The summed E-state index contributed by atoms with van der Waals surface area (Å²) in [6, 6.07) is 2.77. The first-order chi connectivity index (χ1) is 15.2. The fraction of sp³-hybridized carbons (Fsp3) is 0.429. The summed E-state index contributed by atoms with van der Waals surface area (Å²) < 4.78 is 16.4. The van der Waals surface area contributed by atoms with Crippen molar-refractivity contribution in [3.05, 3.63) is 29.7 Å². The van der Waals surface area contributed by atoms with Gasteiger partial charge in [-0.25, -0.2) is 19.0 Å². The molecule has 2 atom stereocenters. The lowest BCUT2D eigenvalue weighted by atomic mass is 9.91. The molecule has 1 amide bonds. The Kier molecular flexibility index (Phi) is 5.83. The fourth-order valence-electron chi connectivity index (χ4n) is 4.05. The maximum absolute atomic E-state index is 14.7. The van der Waals surface area contributed by atoms with Gasteiger partial charge in [-0.3, -0.25) is 4.79 Å². The zero-order valence-corrected chi connectivity index (χ0v) is 18.4. The lowest BCUT2D eigenvalue weighted by Gasteiger charge is -2.30. The van der Waals surface area contributed by atoms with Crippen LogP contribution in [0.4, 0.5) is 27.5 Å². The molecule has 0 spiro atoms. The van der Waals surface area contributed by atoms with Gasteiger partial charge >= 0.3 is 0 Å². The Morgan fingerprint density at radius 1 is 1.25 bits per heavy atom. The van der Waals surface area contributed by atoms with Crippen LogP contribution in [0.5, 0.6) is 0 Å². The number of carbonyl (C=O) groups is 1. The van der Waals surface area contributed by atoms with Crippen molar-refractivity contribution in [2.45, 2.75) is 37.8 Å². The van der Waals surface area contributed by atoms with Crippen molar-refractivity contribution in [3.63, 3.8) is 0 Å². The van der Waals surface area contributed by atoms with Crippen LogP contribution in [0, 0.1) is 5.82 Å². The van der Waals surface area contributed by atoms with Gasteiger partial charge in [-0.2, -0.15) is 5.10 Å². The zero-order chi connectivity index (χ0) is 23.0. The van der Waals surface area contributed by atoms with Crippen molar-refractivity contribution in [1.82, 2.24) is 19.7 Å². The number of halogens is 1. The molecular formula is C21H28FN9O. The molecule has 6 N–H and O–H groups in total. The number of aryl methyl sites for hydroxylation is 1. The molecular weight excluding hydrogens is 413 g/mol. The second-order valence-electron chi connectivity index (χ2n) is 8.34. The maximum Gasteiger partial charge on any atom is 0.252 e. The fourth-order valence-corrected chi connectivity index (χ4v) is 4.05. The van der Waals surface area contributed by atoms with E-state index in [9.17, 15) is 9.18 Å². The van der Waals surface area contributed by atoms with Crippen LogP contribution in [-0.4, -0.2) is 51.8 Å². The molecule has 0 bridgehead atoms. The molecule has 10 nitrogen and oxygen atoms in total. The second-order valence-corrected chi connectivity index (χ2v) is 8.34. The highest BCUT2D eigenvalue weighted by Gasteiger charge is 2.24. The maximum atomic E-state index is 14.7. The van der Waals surface area contributed by atoms with Crippen molar-refractivity contribution < 1.29 is 9.18 Å². The second kappa shape index (κ2) is 8.58. The first-order valence-corrected chi connectivity index (χ1v) is 10.5. The molecule has 0 saturated heterocycles. The van der Waals surface area contributed by atoms with Crippen molar-refractivity contribution in [1.29, 1.82) is 0 Å². The summed E-state index contributed by atoms with van der Waals surface area (Å²) in [5.74, 6) is -0.525. The van der Waals surface area contributed by atoms with Gasteiger partial charge in [0.2, 0.25) is 0 Å². The highest BCUT2D eigenvalue weighted by atomic mass is 19.1. The number of aromatic nitrogens is 4. The van der Waals surface area contributed by atoms with Crippen LogP contribution < -0.4 is 27.0 Å². The minimum absolute atomic E-state index is 0.0317. The van der Waals surface area contributed by atoms with E-state index in [2.05, 4.69) is 25.7 Å². The van der Waals surface area contributed by atoms with E-state index < -0.39 is 11.7 Å². The van der Waals surface area contributed by atoms with Crippen LogP contribution >= 0.6 is 0 Å². The smallest absolute Gasteiger partial charge is 0.252 e. The largest absolute Gasteiger partial charge is 0.365 e. The topological polar surface area (TPSA) is 140 Å². The molecule has 1 aliphatic rings. The standard InChI is InChI=1S/C21H28FN9O/c1-30(2)21-13-8-11(10-25-20(13)31(3)29-21)26-18-12(17(24)32)9-14(22)19(28-18)27-16-7-5-4-6-15(16)23/h8-10,15-16H,4-7,23H2,1-3H3,(H2,24,32)(H2,26,27,28)/t15-,16+/m0/s1. The van der Waals surface area contributed by atoms with Crippen molar-refractivity contribution in [3.8, 4) is 0 Å². The van der Waals surface area contributed by atoms with E-state index >= 15 is 0 Å². The third-order valence-corrected chi connectivity index (χ3v) is 5.73. The Balaban J connectivity index is 1.70. The van der Waals surface area contributed by atoms with E-state index in [1.54, 1.807) is 10.9 Å². The Bertz CT molecular complexity index is 1160. The van der Waals surface area contributed by atoms with Gasteiger partial charge in [-0.05, 0) is 25.0 Å². The number of fused-ring (bicyclic) bond motifs is 1. The quantitative estimate of drug-likeness (QED) is 0.456. The first kappa shape index (κ1) is 21.8. The van der Waals surface area contributed by atoms with E-state index in [-0.39, 0.29) is 29.3 Å². The zero-order valence-electron chi connectivity index (χ0n) is 18.4. The minimum Gasteiger partial charge on any atom is -0.365 e. The van der Waals surface area contributed by atoms with Gasteiger partial charge in [0, 0.05) is 33.2 Å². The molecule has 4 rings (SSSR count). The van der Waals surface area contributed by atoms with Gasteiger partial charge in [0.25, 0.3) is 5.91 Å². The molecule has 0 aliphatic heterocycles. The highest BCUT2D eigenvalue weighted by molar-refractivity contribution is 5.99. The number of rotatable bonds is 6. The van der Waals surface area contributed by atoms with E-state index in [0.717, 1.165) is 43.0 Å². The molecule has 0 unspecified atom stereocenters. The van der Waals surface area contributed by atoms with E-state index in [1.165, 1.54) is 0 Å². The number of anilines is 4. The molecule has 1 fully saturated rings. The average molecular weight is 442 g/mol. The van der Waals surface area contributed by atoms with Gasteiger partial charge in [-0.15, -0.1) is 0 Å². The number of amides is 1. The Morgan fingerprint density at radius 2 is 2.00 bits per heavy atom. The van der Waals surface area contributed by atoms with Crippen LogP contribution in [0.25, 0.3) is 11.0 Å².